The third-order valence-electron chi connectivity index (χ3n) is 2.04. The SMILES string of the molecule is CCN(C)C(=O)CNC(=O)NCC(O)C(=O)O. The highest BCUT2D eigenvalue weighted by Gasteiger charge is 2.14. The number of nitrogens with one attached hydrogen (secondary N) is 2. The van der Waals surface area contributed by atoms with Crippen molar-refractivity contribution in [2.75, 3.05) is 26.7 Å². The van der Waals surface area contributed by atoms with Gasteiger partial charge < -0.3 is 25.7 Å². The molecule has 0 aliphatic heterocycles. The van der Waals surface area contributed by atoms with Gasteiger partial charge in [0, 0.05) is 13.6 Å². The topological polar surface area (TPSA) is 119 Å². The van der Waals surface area contributed by atoms with Crippen LogP contribution in [0.25, 0.3) is 0 Å². The van der Waals surface area contributed by atoms with Crippen molar-refractivity contribution in [2.24, 2.45) is 0 Å². The number of aliphatic hydroxyl groups excluding tert-OH is 1. The molecule has 0 fully saturated rings. The average molecular weight is 247 g/mol. The van der Waals surface area contributed by atoms with Gasteiger partial charge >= 0.3 is 12.0 Å². The van der Waals surface area contributed by atoms with E-state index in [1.54, 1.807) is 14.0 Å². The van der Waals surface area contributed by atoms with E-state index in [9.17, 15) is 14.4 Å². The van der Waals surface area contributed by atoms with Crippen molar-refractivity contribution in [3.63, 3.8) is 0 Å². The summed E-state index contributed by atoms with van der Waals surface area (Å²) >= 11 is 0. The zero-order valence-electron chi connectivity index (χ0n) is 9.77. The largest absolute Gasteiger partial charge is 0.479 e. The van der Waals surface area contributed by atoms with Gasteiger partial charge in [0.05, 0.1) is 13.1 Å². The van der Waals surface area contributed by atoms with Gasteiger partial charge in [0.2, 0.25) is 5.91 Å². The zero-order chi connectivity index (χ0) is 13.4. The van der Waals surface area contributed by atoms with Gasteiger partial charge in [0.1, 0.15) is 0 Å². The summed E-state index contributed by atoms with van der Waals surface area (Å²) in [7, 11) is 1.59. The minimum Gasteiger partial charge on any atom is -0.479 e. The molecular formula is C9H17N3O5. The van der Waals surface area contributed by atoms with Crippen molar-refractivity contribution in [3.05, 3.63) is 0 Å². The van der Waals surface area contributed by atoms with Crippen molar-refractivity contribution >= 4 is 17.9 Å². The van der Waals surface area contributed by atoms with Crippen LogP contribution >= 0.6 is 0 Å². The van der Waals surface area contributed by atoms with E-state index in [4.69, 9.17) is 10.2 Å². The lowest BCUT2D eigenvalue weighted by molar-refractivity contribution is -0.146. The fourth-order valence-corrected chi connectivity index (χ4v) is 0.806. The second-order valence-corrected chi connectivity index (χ2v) is 3.33. The maximum atomic E-state index is 11.3. The van der Waals surface area contributed by atoms with Crippen LogP contribution in [-0.4, -0.2) is 65.8 Å². The first-order valence-corrected chi connectivity index (χ1v) is 5.05. The van der Waals surface area contributed by atoms with Crippen molar-refractivity contribution in [2.45, 2.75) is 13.0 Å². The maximum absolute atomic E-state index is 11.3. The molecule has 0 rings (SSSR count). The Morgan fingerprint density at radius 1 is 1.29 bits per heavy atom. The summed E-state index contributed by atoms with van der Waals surface area (Å²) in [5.41, 5.74) is 0. The first-order chi connectivity index (χ1) is 7.88. The molecule has 1 atom stereocenters. The molecule has 0 saturated carbocycles. The van der Waals surface area contributed by atoms with Crippen LogP contribution in [0, 0.1) is 0 Å². The lowest BCUT2D eigenvalue weighted by Crippen LogP contribution is -2.45. The number of carbonyl (C=O) groups is 3. The number of urea groups is 1. The van der Waals surface area contributed by atoms with Crippen LogP contribution in [0.15, 0.2) is 0 Å². The van der Waals surface area contributed by atoms with Gasteiger partial charge in [-0.15, -0.1) is 0 Å². The van der Waals surface area contributed by atoms with Crippen molar-refractivity contribution in [1.29, 1.82) is 0 Å². The number of rotatable bonds is 6. The Bertz CT molecular complexity index is 294. The molecule has 4 N–H and O–H groups in total. The quantitative estimate of drug-likeness (QED) is 0.442. The Kier molecular flexibility index (Phi) is 6.64. The Balaban J connectivity index is 3.81. The Morgan fingerprint density at radius 3 is 2.35 bits per heavy atom. The minimum atomic E-state index is -1.66. The van der Waals surface area contributed by atoms with E-state index in [2.05, 4.69) is 10.6 Å². The minimum absolute atomic E-state index is 0.181. The average Bonchev–Trinajstić information content (AvgIpc) is 2.31. The molecule has 3 amide bonds. The first-order valence-electron chi connectivity index (χ1n) is 5.05. The Morgan fingerprint density at radius 2 is 1.88 bits per heavy atom. The van der Waals surface area contributed by atoms with Gasteiger partial charge in [-0.2, -0.15) is 0 Å². The molecule has 0 aromatic rings. The number of amides is 3. The van der Waals surface area contributed by atoms with Crippen molar-refractivity contribution < 1.29 is 24.6 Å². The number of hydrogen-bond acceptors (Lipinski definition) is 4. The lowest BCUT2D eigenvalue weighted by atomic mass is 10.4. The normalized spacial score (nSPS) is 11.5. The second kappa shape index (κ2) is 7.44. The molecular weight excluding hydrogens is 230 g/mol. The molecule has 1 unspecified atom stereocenters. The highest BCUT2D eigenvalue weighted by Crippen LogP contribution is 1.82. The predicted octanol–water partition coefficient (Wildman–Crippen LogP) is -1.79. The molecule has 0 saturated heterocycles. The number of carboxylic acids is 1. The Labute approximate surface area is 98.6 Å². The van der Waals surface area contributed by atoms with Gasteiger partial charge in [0.15, 0.2) is 6.10 Å². The molecule has 98 valence electrons. The molecule has 0 aliphatic rings. The first kappa shape index (κ1) is 15.2. The molecule has 0 heterocycles. The number of hydrogen-bond donors (Lipinski definition) is 4. The van der Waals surface area contributed by atoms with Crippen LogP contribution in [0.4, 0.5) is 4.79 Å². The van der Waals surface area contributed by atoms with E-state index in [1.165, 1.54) is 4.90 Å². The molecule has 8 heteroatoms. The van der Waals surface area contributed by atoms with Crippen LogP contribution in [0.2, 0.25) is 0 Å². The number of aliphatic carboxylic acids is 1. The molecule has 17 heavy (non-hydrogen) atoms. The third kappa shape index (κ3) is 6.36. The zero-order valence-corrected chi connectivity index (χ0v) is 9.77. The van der Waals surface area contributed by atoms with Gasteiger partial charge in [-0.1, -0.05) is 0 Å². The summed E-state index contributed by atoms with van der Waals surface area (Å²) in [5, 5.41) is 21.6. The van der Waals surface area contributed by atoms with E-state index in [0.29, 0.717) is 6.54 Å². The standard InChI is InChI=1S/C9H17N3O5/c1-3-12(2)7(14)5-11-9(17)10-4-6(13)8(15)16/h6,13H,3-5H2,1-2H3,(H,15,16)(H2,10,11,17). The van der Waals surface area contributed by atoms with Gasteiger partial charge in [-0.25, -0.2) is 9.59 Å². The number of carboxylic acid groups (broad SMARTS) is 1. The van der Waals surface area contributed by atoms with E-state index in [1.807, 2.05) is 0 Å². The van der Waals surface area contributed by atoms with Gasteiger partial charge in [-0.3, -0.25) is 4.79 Å². The summed E-state index contributed by atoms with van der Waals surface area (Å²) in [5.74, 6) is -1.69. The van der Waals surface area contributed by atoms with Crippen LogP contribution in [-0.2, 0) is 9.59 Å². The number of nitrogens with zero attached hydrogens (tertiary/aromatic N) is 1. The number of carbonyl (C=O) groups excluding carboxylic acids is 2. The summed E-state index contributed by atoms with van der Waals surface area (Å²) in [6.07, 6.45) is -1.66. The van der Waals surface area contributed by atoms with Crippen molar-refractivity contribution in [3.8, 4) is 0 Å². The summed E-state index contributed by atoms with van der Waals surface area (Å²) in [6.45, 7) is 1.72. The fraction of sp³-hybridized carbons (Fsp3) is 0.667. The number of likely N-dealkylation sites (N-methyl/N-ethyl adjacent to an activating group) is 1. The van der Waals surface area contributed by atoms with Crippen LogP contribution in [0.5, 0.6) is 0 Å². The lowest BCUT2D eigenvalue weighted by Gasteiger charge is -2.15. The molecule has 8 nitrogen and oxygen atoms in total. The molecule has 0 aromatic heterocycles. The van der Waals surface area contributed by atoms with E-state index >= 15 is 0 Å². The van der Waals surface area contributed by atoms with E-state index in [0.717, 1.165) is 0 Å². The van der Waals surface area contributed by atoms with Crippen LogP contribution in [0.3, 0.4) is 0 Å². The van der Waals surface area contributed by atoms with Crippen LogP contribution in [0.1, 0.15) is 6.92 Å². The highest BCUT2D eigenvalue weighted by molar-refractivity contribution is 5.84. The predicted molar refractivity (Wildman–Crippen MR) is 58.4 cm³/mol. The highest BCUT2D eigenvalue weighted by atomic mass is 16.4. The summed E-state index contributed by atoms with van der Waals surface area (Å²) in [6, 6.07) is -0.705. The molecule has 0 spiro atoms. The summed E-state index contributed by atoms with van der Waals surface area (Å²) < 4.78 is 0. The summed E-state index contributed by atoms with van der Waals surface area (Å²) in [4.78, 5) is 34.0. The second-order valence-electron chi connectivity index (χ2n) is 3.33. The molecule has 0 bridgehead atoms. The molecule has 0 aliphatic carbocycles. The third-order valence-corrected chi connectivity index (χ3v) is 2.04. The number of aliphatic hydroxyl groups is 1. The monoisotopic (exact) mass is 247 g/mol. The molecule has 0 radical (unpaired) electrons. The smallest absolute Gasteiger partial charge is 0.334 e. The molecule has 0 aromatic carbocycles. The fourth-order valence-electron chi connectivity index (χ4n) is 0.806. The van der Waals surface area contributed by atoms with Crippen LogP contribution < -0.4 is 10.6 Å². The van der Waals surface area contributed by atoms with E-state index < -0.39 is 24.6 Å². The van der Waals surface area contributed by atoms with Gasteiger partial charge in [-0.05, 0) is 6.92 Å². The van der Waals surface area contributed by atoms with E-state index in [-0.39, 0.29) is 12.5 Å². The van der Waals surface area contributed by atoms with Crippen molar-refractivity contribution in [1.82, 2.24) is 15.5 Å². The Hall–Kier alpha value is -1.83. The maximum Gasteiger partial charge on any atom is 0.334 e. The van der Waals surface area contributed by atoms with Gasteiger partial charge in [0.25, 0.3) is 0 Å².